The molecule has 0 aliphatic heterocycles. The van der Waals surface area contributed by atoms with Crippen molar-refractivity contribution in [2.75, 3.05) is 0 Å². The van der Waals surface area contributed by atoms with Gasteiger partial charge in [0.05, 0.1) is 0 Å². The Bertz CT molecular complexity index is 222. The van der Waals surface area contributed by atoms with Crippen LogP contribution in [0, 0.1) is 0 Å². The summed E-state index contributed by atoms with van der Waals surface area (Å²) < 4.78 is 63.2. The van der Waals surface area contributed by atoms with E-state index in [0.29, 0.717) is 0 Å². The molecule has 0 radical (unpaired) electrons. The molecule has 0 aliphatic carbocycles. The summed E-state index contributed by atoms with van der Waals surface area (Å²) in [5, 5.41) is 0. The van der Waals surface area contributed by atoms with Gasteiger partial charge in [0.15, 0.2) is 0 Å². The average molecular weight is 357 g/mol. The molecule has 0 fully saturated rings. The van der Waals surface area contributed by atoms with E-state index in [0.717, 1.165) is 0 Å². The van der Waals surface area contributed by atoms with Crippen LogP contribution >= 0.6 is 0 Å². The summed E-state index contributed by atoms with van der Waals surface area (Å²) in [6.07, 6.45) is 0. The van der Waals surface area contributed by atoms with Gasteiger partial charge in [-0.25, -0.2) is 0 Å². The van der Waals surface area contributed by atoms with Crippen molar-refractivity contribution in [1.82, 2.24) is 6.15 Å². The molecule has 0 aromatic carbocycles. The summed E-state index contributed by atoms with van der Waals surface area (Å²) in [6.45, 7) is 0. The molecule has 7 N–H and O–H groups in total. The third-order valence-electron chi connectivity index (χ3n) is 0. The van der Waals surface area contributed by atoms with E-state index in [4.69, 9.17) is 35.0 Å². The fourth-order valence-corrected chi connectivity index (χ4v) is 0. The maximum atomic E-state index is 8.74. The van der Waals surface area contributed by atoms with Gasteiger partial charge in [-0.1, -0.05) is 0 Å². The molecule has 0 saturated heterocycles. The Morgan fingerprint density at radius 3 is 0.643 bits per heavy atom. The van der Waals surface area contributed by atoms with E-state index in [1.165, 1.54) is 0 Å². The second-order valence-corrected chi connectivity index (χ2v) is 2.69. The first-order valence-corrected chi connectivity index (χ1v) is 4.19. The maximum absolute atomic E-state index is 8.74. The summed E-state index contributed by atoms with van der Waals surface area (Å²) >= 11 is 0. The van der Waals surface area contributed by atoms with Crippen molar-refractivity contribution in [3.63, 3.8) is 0 Å². The molecular weight excluding hydrogens is 349 g/mol. The predicted molar refractivity (Wildman–Crippen MR) is 40.5 cm³/mol. The van der Waals surface area contributed by atoms with E-state index in [1.54, 1.807) is 0 Å². The van der Waals surface area contributed by atoms with E-state index < -0.39 is 20.8 Å². The summed E-state index contributed by atoms with van der Waals surface area (Å²) in [6, 6.07) is 0. The number of hydrogen-bond acceptors (Lipinski definition) is 5. The summed E-state index contributed by atoms with van der Waals surface area (Å²) in [5.74, 6) is 0. The van der Waals surface area contributed by atoms with E-state index in [1.807, 2.05) is 0 Å². The van der Waals surface area contributed by atoms with Gasteiger partial charge >= 0.3 is 72.2 Å². The van der Waals surface area contributed by atoms with Crippen molar-refractivity contribution in [3.05, 3.63) is 0 Å². The Balaban J connectivity index is -0.0000000178. The Morgan fingerprint density at radius 1 is 0.643 bits per heavy atom. The van der Waals surface area contributed by atoms with Crippen molar-refractivity contribution in [1.29, 1.82) is 0 Å². The van der Waals surface area contributed by atoms with Gasteiger partial charge < -0.3 is 6.15 Å². The number of rotatable bonds is 0. The van der Waals surface area contributed by atoms with Crippen LogP contribution in [-0.4, -0.2) is 86.4 Å². The summed E-state index contributed by atoms with van der Waals surface area (Å²) in [7, 11) is -9.33. The molecule has 0 bridgehead atoms. The topological polar surface area (TPSA) is 184 Å². The quantitative estimate of drug-likeness (QED) is 0.246. The fraction of sp³-hybridized carbons (Fsp3) is 0. The molecule has 0 unspecified atom stereocenters. The van der Waals surface area contributed by atoms with Crippen LogP contribution in [0.2, 0.25) is 0 Å². The second-order valence-electron chi connectivity index (χ2n) is 0.896. The van der Waals surface area contributed by atoms with Crippen molar-refractivity contribution >= 4 is 72.2 Å². The molecule has 9 nitrogen and oxygen atoms in total. The van der Waals surface area contributed by atoms with Crippen LogP contribution in [0.5, 0.6) is 0 Å². The fourth-order valence-electron chi connectivity index (χ4n) is 0. The third kappa shape index (κ3) is 449. The second kappa shape index (κ2) is 15.4. The van der Waals surface area contributed by atoms with Crippen molar-refractivity contribution in [2.45, 2.75) is 0 Å². The van der Waals surface area contributed by atoms with Crippen LogP contribution in [0.4, 0.5) is 0 Å². The van der Waals surface area contributed by atoms with E-state index >= 15 is 0 Å². The first kappa shape index (κ1) is 36.0. The molecule has 0 rings (SSSR count). The van der Waals surface area contributed by atoms with Gasteiger partial charge in [-0.2, -0.15) is 16.8 Å². The van der Waals surface area contributed by atoms with Crippen molar-refractivity contribution in [2.24, 2.45) is 0 Å². The molecule has 0 saturated carbocycles. The van der Waals surface area contributed by atoms with E-state index in [2.05, 4.69) is 0 Å². The molecule has 14 heteroatoms. The Morgan fingerprint density at radius 2 is 0.643 bits per heavy atom. The minimum atomic E-state index is -4.67. The van der Waals surface area contributed by atoms with Gasteiger partial charge in [-0.3, -0.25) is 18.2 Å². The molecule has 0 amide bonds. The zero-order valence-electron chi connectivity index (χ0n) is 5.76. The monoisotopic (exact) mass is 357 g/mol. The Hall–Kier alpha value is 2.40. The zero-order chi connectivity index (χ0) is 9.00. The van der Waals surface area contributed by atoms with Crippen LogP contribution in [-0.2, 0) is 55.5 Å². The number of hydrogen-bond donors (Lipinski definition) is 5. The third-order valence-corrected chi connectivity index (χ3v) is 0. The normalized spacial score (nSPS) is 8.29. The SMILES string of the molecule is N.O=S(=O)(O)O.O=S(=O)(O)O.[Cr].[Cr].[KH]. The molecular formula is H8Cr2KNO8S2. The van der Waals surface area contributed by atoms with Gasteiger partial charge in [0.1, 0.15) is 0 Å². The molecule has 0 atom stereocenters. The molecule has 0 heterocycles. The molecule has 0 spiro atoms. The summed E-state index contributed by atoms with van der Waals surface area (Å²) in [5.41, 5.74) is 0. The average Bonchev–Trinajstić information content (AvgIpc) is 1.12. The van der Waals surface area contributed by atoms with Gasteiger partial charge in [-0.15, -0.1) is 0 Å². The van der Waals surface area contributed by atoms with E-state index in [9.17, 15) is 0 Å². The van der Waals surface area contributed by atoms with Crippen LogP contribution < -0.4 is 6.15 Å². The first-order chi connectivity index (χ1) is 4.00. The molecule has 0 aliphatic rings. The summed E-state index contributed by atoms with van der Waals surface area (Å²) in [4.78, 5) is 0. The Labute approximate surface area is 145 Å². The van der Waals surface area contributed by atoms with Crippen LogP contribution in [0.25, 0.3) is 0 Å². The van der Waals surface area contributed by atoms with Crippen molar-refractivity contribution in [3.8, 4) is 0 Å². The van der Waals surface area contributed by atoms with Crippen LogP contribution in [0.15, 0.2) is 0 Å². The Kier molecular flexibility index (Phi) is 39.6. The van der Waals surface area contributed by atoms with Gasteiger partial charge in [0.2, 0.25) is 0 Å². The standard InChI is InChI=1S/2Cr.K.H3N.2H2O4S.H/c;;;;2*1-5(2,3)4;/h;;;1H3;2*(H2,1,2,3,4);. The van der Waals surface area contributed by atoms with Crippen LogP contribution in [0.1, 0.15) is 0 Å². The van der Waals surface area contributed by atoms with E-state index in [-0.39, 0.29) is 92.3 Å². The van der Waals surface area contributed by atoms with Gasteiger partial charge in [0.25, 0.3) is 0 Å². The van der Waals surface area contributed by atoms with Crippen LogP contribution in [0.3, 0.4) is 0 Å². The minimum absolute atomic E-state index is 0. The first-order valence-electron chi connectivity index (χ1n) is 1.40. The molecule has 14 heavy (non-hydrogen) atoms. The molecule has 86 valence electrons. The van der Waals surface area contributed by atoms with Crippen molar-refractivity contribution < 1.29 is 69.8 Å². The van der Waals surface area contributed by atoms with Gasteiger partial charge in [-0.05, 0) is 0 Å². The molecule has 0 aromatic heterocycles. The molecule has 0 aromatic rings. The predicted octanol–water partition coefficient (Wildman–Crippen LogP) is -1.80. The van der Waals surface area contributed by atoms with Gasteiger partial charge in [0, 0.05) is 34.7 Å². The zero-order valence-corrected chi connectivity index (χ0v) is 9.94.